The summed E-state index contributed by atoms with van der Waals surface area (Å²) in [6, 6.07) is 12.0. The van der Waals surface area contributed by atoms with Gasteiger partial charge in [-0.1, -0.05) is 18.2 Å². The Balaban J connectivity index is 2.42. The maximum Gasteiger partial charge on any atom is 0.119 e. The average Bonchev–Trinajstić information content (AvgIpc) is 2.38. The van der Waals surface area contributed by atoms with E-state index >= 15 is 0 Å². The summed E-state index contributed by atoms with van der Waals surface area (Å²) in [5.41, 5.74) is 4.23. The molecule has 88 valence electrons. The van der Waals surface area contributed by atoms with Crippen LogP contribution in [0.2, 0.25) is 0 Å². The predicted molar refractivity (Wildman–Crippen MR) is 73.7 cm³/mol. The zero-order valence-electron chi connectivity index (χ0n) is 9.97. The van der Waals surface area contributed by atoms with Crippen LogP contribution in [0.5, 0.6) is 5.75 Å². The standard InChI is InChI=1S/C14H15NOS/c1-10-12(9-17)6-7-14(15-10)11-4-3-5-13(8-11)16-2/h3-8,17H,9H2,1-2H3. The highest BCUT2D eigenvalue weighted by atomic mass is 32.1. The van der Waals surface area contributed by atoms with Gasteiger partial charge in [0.05, 0.1) is 12.8 Å². The van der Waals surface area contributed by atoms with Gasteiger partial charge in [0, 0.05) is 17.0 Å². The highest BCUT2D eigenvalue weighted by Crippen LogP contribution is 2.23. The predicted octanol–water partition coefficient (Wildman–Crippen LogP) is 3.50. The lowest BCUT2D eigenvalue weighted by Gasteiger charge is -2.07. The first-order valence-corrected chi connectivity index (χ1v) is 6.09. The van der Waals surface area contributed by atoms with Crippen LogP contribution in [0, 0.1) is 6.92 Å². The fraction of sp³-hybridized carbons (Fsp3) is 0.214. The number of methoxy groups -OCH3 is 1. The quantitative estimate of drug-likeness (QED) is 0.836. The number of pyridine rings is 1. The molecule has 1 heterocycles. The third-order valence-electron chi connectivity index (χ3n) is 2.73. The Labute approximate surface area is 107 Å². The number of aromatic nitrogens is 1. The fourth-order valence-electron chi connectivity index (χ4n) is 1.70. The molecule has 0 saturated carbocycles. The molecule has 0 saturated heterocycles. The summed E-state index contributed by atoms with van der Waals surface area (Å²) >= 11 is 4.27. The van der Waals surface area contributed by atoms with Crippen LogP contribution in [0.4, 0.5) is 0 Å². The lowest BCUT2D eigenvalue weighted by molar-refractivity contribution is 0.415. The van der Waals surface area contributed by atoms with Crippen molar-refractivity contribution < 1.29 is 4.74 Å². The van der Waals surface area contributed by atoms with E-state index in [-0.39, 0.29) is 0 Å². The maximum absolute atomic E-state index is 5.21. The van der Waals surface area contributed by atoms with Gasteiger partial charge >= 0.3 is 0 Å². The van der Waals surface area contributed by atoms with E-state index in [0.717, 1.165) is 28.5 Å². The first kappa shape index (κ1) is 12.0. The molecule has 2 nitrogen and oxygen atoms in total. The summed E-state index contributed by atoms with van der Waals surface area (Å²) in [4.78, 5) is 4.59. The fourth-order valence-corrected chi connectivity index (χ4v) is 2.03. The molecule has 0 unspecified atom stereocenters. The number of hydrogen-bond acceptors (Lipinski definition) is 3. The summed E-state index contributed by atoms with van der Waals surface area (Å²) in [6.07, 6.45) is 0. The second-order valence-corrected chi connectivity index (χ2v) is 4.15. The zero-order valence-corrected chi connectivity index (χ0v) is 10.9. The van der Waals surface area contributed by atoms with Gasteiger partial charge in [-0.3, -0.25) is 4.98 Å². The lowest BCUT2D eigenvalue weighted by atomic mass is 10.1. The van der Waals surface area contributed by atoms with Gasteiger partial charge in [-0.05, 0) is 30.7 Å². The summed E-state index contributed by atoms with van der Waals surface area (Å²) in [5, 5.41) is 0. The summed E-state index contributed by atoms with van der Waals surface area (Å²) in [6.45, 7) is 2.01. The molecule has 0 aliphatic heterocycles. The van der Waals surface area contributed by atoms with Gasteiger partial charge in [0.25, 0.3) is 0 Å². The molecule has 0 aliphatic carbocycles. The average molecular weight is 245 g/mol. The molecule has 0 atom stereocenters. The highest BCUT2D eigenvalue weighted by Gasteiger charge is 2.04. The summed E-state index contributed by atoms with van der Waals surface area (Å²) in [7, 11) is 1.67. The highest BCUT2D eigenvalue weighted by molar-refractivity contribution is 7.79. The van der Waals surface area contributed by atoms with Crippen molar-refractivity contribution in [2.45, 2.75) is 12.7 Å². The van der Waals surface area contributed by atoms with Crippen molar-refractivity contribution in [1.29, 1.82) is 0 Å². The van der Waals surface area contributed by atoms with Crippen LogP contribution in [0.1, 0.15) is 11.3 Å². The molecule has 0 radical (unpaired) electrons. The minimum Gasteiger partial charge on any atom is -0.497 e. The van der Waals surface area contributed by atoms with Crippen LogP contribution in [0.15, 0.2) is 36.4 Å². The molecule has 0 aliphatic rings. The number of hydrogen-bond donors (Lipinski definition) is 1. The van der Waals surface area contributed by atoms with E-state index in [1.165, 1.54) is 5.56 Å². The second kappa shape index (κ2) is 5.23. The van der Waals surface area contributed by atoms with Crippen molar-refractivity contribution >= 4 is 12.6 Å². The molecule has 0 bridgehead atoms. The van der Waals surface area contributed by atoms with E-state index in [1.54, 1.807) is 7.11 Å². The largest absolute Gasteiger partial charge is 0.497 e. The molecule has 2 rings (SSSR count). The van der Waals surface area contributed by atoms with E-state index in [2.05, 4.69) is 23.7 Å². The maximum atomic E-state index is 5.21. The van der Waals surface area contributed by atoms with Crippen molar-refractivity contribution in [3.8, 4) is 17.0 Å². The minimum absolute atomic E-state index is 0.719. The van der Waals surface area contributed by atoms with E-state index in [4.69, 9.17) is 4.74 Å². The smallest absolute Gasteiger partial charge is 0.119 e. The SMILES string of the molecule is COc1cccc(-c2ccc(CS)c(C)n2)c1. The van der Waals surface area contributed by atoms with E-state index in [1.807, 2.05) is 37.3 Å². The lowest BCUT2D eigenvalue weighted by Crippen LogP contribution is -1.92. The molecule has 1 aromatic heterocycles. The van der Waals surface area contributed by atoms with Crippen LogP contribution < -0.4 is 4.74 Å². The number of nitrogens with zero attached hydrogens (tertiary/aromatic N) is 1. The van der Waals surface area contributed by atoms with Crippen LogP contribution >= 0.6 is 12.6 Å². The number of thiol groups is 1. The first-order chi connectivity index (χ1) is 8.24. The normalized spacial score (nSPS) is 10.3. The third kappa shape index (κ3) is 2.61. The molecular formula is C14H15NOS. The molecule has 3 heteroatoms. The minimum atomic E-state index is 0.719. The molecule has 0 spiro atoms. The molecule has 0 fully saturated rings. The van der Waals surface area contributed by atoms with Gasteiger partial charge in [0.2, 0.25) is 0 Å². The van der Waals surface area contributed by atoms with Gasteiger partial charge in [-0.25, -0.2) is 0 Å². The van der Waals surface area contributed by atoms with Crippen LogP contribution in [0.3, 0.4) is 0 Å². The summed E-state index contributed by atoms with van der Waals surface area (Å²) in [5.74, 6) is 1.57. The Morgan fingerprint density at radius 1 is 1.24 bits per heavy atom. The van der Waals surface area contributed by atoms with Gasteiger partial charge in [-0.2, -0.15) is 12.6 Å². The van der Waals surface area contributed by atoms with Crippen molar-refractivity contribution in [3.63, 3.8) is 0 Å². The van der Waals surface area contributed by atoms with Crippen molar-refractivity contribution in [2.75, 3.05) is 7.11 Å². The second-order valence-electron chi connectivity index (χ2n) is 3.83. The van der Waals surface area contributed by atoms with Gasteiger partial charge < -0.3 is 4.74 Å². The Morgan fingerprint density at radius 2 is 2.06 bits per heavy atom. The van der Waals surface area contributed by atoms with Crippen molar-refractivity contribution in [1.82, 2.24) is 4.98 Å². The number of benzene rings is 1. The van der Waals surface area contributed by atoms with Gasteiger partial charge in [0.1, 0.15) is 5.75 Å². The number of aryl methyl sites for hydroxylation is 1. The summed E-state index contributed by atoms with van der Waals surface area (Å²) < 4.78 is 5.21. The molecule has 0 N–H and O–H groups in total. The molecule has 1 aromatic carbocycles. The Hall–Kier alpha value is -1.48. The monoisotopic (exact) mass is 245 g/mol. The molecule has 0 amide bonds. The Morgan fingerprint density at radius 3 is 2.71 bits per heavy atom. The van der Waals surface area contributed by atoms with Crippen molar-refractivity contribution in [3.05, 3.63) is 47.7 Å². The topological polar surface area (TPSA) is 22.1 Å². The van der Waals surface area contributed by atoms with Gasteiger partial charge in [0.15, 0.2) is 0 Å². The van der Waals surface area contributed by atoms with Crippen LogP contribution in [-0.2, 0) is 5.75 Å². The molecular weight excluding hydrogens is 230 g/mol. The van der Waals surface area contributed by atoms with Crippen LogP contribution in [0.25, 0.3) is 11.3 Å². The van der Waals surface area contributed by atoms with E-state index in [0.29, 0.717) is 0 Å². The molecule has 2 aromatic rings. The Kier molecular flexibility index (Phi) is 3.69. The Bertz CT molecular complexity index is 525. The van der Waals surface area contributed by atoms with E-state index in [9.17, 15) is 0 Å². The van der Waals surface area contributed by atoms with Crippen molar-refractivity contribution in [2.24, 2.45) is 0 Å². The van der Waals surface area contributed by atoms with Gasteiger partial charge in [-0.15, -0.1) is 0 Å². The van der Waals surface area contributed by atoms with E-state index < -0.39 is 0 Å². The third-order valence-corrected chi connectivity index (χ3v) is 3.07. The number of ether oxygens (including phenoxy) is 1. The number of rotatable bonds is 3. The first-order valence-electron chi connectivity index (χ1n) is 5.46. The molecule has 17 heavy (non-hydrogen) atoms. The van der Waals surface area contributed by atoms with Crippen LogP contribution in [-0.4, -0.2) is 12.1 Å². The zero-order chi connectivity index (χ0) is 12.3.